The smallest absolute Gasteiger partial charge is 0.271 e. The third kappa shape index (κ3) is 5.14. The SMILES string of the molecule is COc1cc(/C=C2\SC(=Nc3ccc(Cl)cc3)N(c3ccc(Cl)cc3)C2=O)cc(Cl)c1OC. The van der Waals surface area contributed by atoms with Crippen molar-refractivity contribution in [2.75, 3.05) is 19.1 Å². The summed E-state index contributed by atoms with van der Waals surface area (Å²) in [6, 6.07) is 17.5. The van der Waals surface area contributed by atoms with Gasteiger partial charge in [-0.15, -0.1) is 0 Å². The number of amidine groups is 1. The standard InChI is InChI=1S/C24H17Cl3N2O3S/c1-31-20-12-14(11-19(27)22(20)32-2)13-21-23(30)29(18-9-5-16(26)6-10-18)24(33-21)28-17-7-3-15(25)4-8-17/h3-13H,1-2H3/b21-13-,28-24?. The van der Waals surface area contributed by atoms with E-state index in [0.29, 0.717) is 53.6 Å². The zero-order chi connectivity index (χ0) is 23.5. The number of carbonyl (C=O) groups excluding carboxylic acids is 1. The van der Waals surface area contributed by atoms with Crippen molar-refractivity contribution >= 4 is 75.1 Å². The second kappa shape index (κ2) is 10.1. The van der Waals surface area contributed by atoms with E-state index < -0.39 is 0 Å². The summed E-state index contributed by atoms with van der Waals surface area (Å²) in [5, 5.41) is 2.06. The lowest BCUT2D eigenvalue weighted by atomic mass is 10.1. The number of thioether (sulfide) groups is 1. The third-order valence-electron chi connectivity index (χ3n) is 4.70. The van der Waals surface area contributed by atoms with Gasteiger partial charge in [0.1, 0.15) is 0 Å². The molecule has 0 radical (unpaired) electrons. The number of anilines is 1. The molecule has 0 bridgehead atoms. The average Bonchev–Trinajstić information content (AvgIpc) is 3.10. The molecular weight excluding hydrogens is 503 g/mol. The molecule has 1 fully saturated rings. The molecule has 3 aromatic rings. The first-order valence-electron chi connectivity index (χ1n) is 9.65. The number of nitrogens with zero attached hydrogens (tertiary/aromatic N) is 2. The first kappa shape index (κ1) is 23.5. The third-order valence-corrected chi connectivity index (χ3v) is 6.45. The summed E-state index contributed by atoms with van der Waals surface area (Å²) < 4.78 is 10.7. The number of hydrogen-bond acceptors (Lipinski definition) is 5. The normalized spacial score (nSPS) is 16.0. The Labute approximate surface area is 210 Å². The van der Waals surface area contributed by atoms with Crippen LogP contribution in [-0.4, -0.2) is 25.3 Å². The molecule has 3 aromatic carbocycles. The monoisotopic (exact) mass is 518 g/mol. The maximum absolute atomic E-state index is 13.4. The lowest BCUT2D eigenvalue weighted by Gasteiger charge is -2.15. The number of amides is 1. The summed E-state index contributed by atoms with van der Waals surface area (Å²) >= 11 is 19.6. The lowest BCUT2D eigenvalue weighted by molar-refractivity contribution is -0.113. The Morgan fingerprint density at radius 1 is 0.909 bits per heavy atom. The quantitative estimate of drug-likeness (QED) is 0.328. The number of benzene rings is 3. The van der Waals surface area contributed by atoms with Crippen molar-refractivity contribution in [1.82, 2.24) is 0 Å². The Bertz CT molecular complexity index is 1260. The number of hydrogen-bond donors (Lipinski definition) is 0. The molecule has 1 amide bonds. The van der Waals surface area contributed by atoms with Gasteiger partial charge in [-0.25, -0.2) is 4.99 Å². The highest BCUT2D eigenvalue weighted by molar-refractivity contribution is 8.19. The summed E-state index contributed by atoms with van der Waals surface area (Å²) in [6.07, 6.45) is 1.74. The topological polar surface area (TPSA) is 51.1 Å². The Kier molecular flexibility index (Phi) is 7.20. The fraction of sp³-hybridized carbons (Fsp3) is 0.0833. The van der Waals surface area contributed by atoms with Gasteiger partial charge in [0.15, 0.2) is 16.7 Å². The Balaban J connectivity index is 1.78. The van der Waals surface area contributed by atoms with Gasteiger partial charge in [-0.3, -0.25) is 9.69 Å². The van der Waals surface area contributed by atoms with Crippen LogP contribution in [-0.2, 0) is 4.79 Å². The van der Waals surface area contributed by atoms with Crippen LogP contribution in [0.5, 0.6) is 11.5 Å². The highest BCUT2D eigenvalue weighted by Crippen LogP contribution is 2.40. The van der Waals surface area contributed by atoms with Gasteiger partial charge in [0.25, 0.3) is 5.91 Å². The van der Waals surface area contributed by atoms with Crippen LogP contribution in [0.1, 0.15) is 5.56 Å². The number of rotatable bonds is 5. The van der Waals surface area contributed by atoms with Crippen LogP contribution < -0.4 is 14.4 Å². The van der Waals surface area contributed by atoms with Crippen LogP contribution in [0.4, 0.5) is 11.4 Å². The Morgan fingerprint density at radius 2 is 1.55 bits per heavy atom. The van der Waals surface area contributed by atoms with Crippen LogP contribution in [0.15, 0.2) is 70.6 Å². The molecule has 0 atom stereocenters. The summed E-state index contributed by atoms with van der Waals surface area (Å²) in [7, 11) is 3.04. The molecule has 4 rings (SSSR count). The Hall–Kier alpha value is -2.64. The van der Waals surface area contributed by atoms with E-state index in [1.54, 1.807) is 71.6 Å². The number of aliphatic imine (C=N–C) groups is 1. The van der Waals surface area contributed by atoms with Crippen molar-refractivity contribution < 1.29 is 14.3 Å². The van der Waals surface area contributed by atoms with Gasteiger partial charge in [0, 0.05) is 10.0 Å². The summed E-state index contributed by atoms with van der Waals surface area (Å²) in [5.74, 6) is 0.678. The fourth-order valence-corrected chi connectivity index (χ4v) is 4.71. The highest BCUT2D eigenvalue weighted by atomic mass is 35.5. The molecular formula is C24H17Cl3N2O3S. The molecule has 0 aromatic heterocycles. The van der Waals surface area contributed by atoms with Crippen molar-refractivity contribution in [3.63, 3.8) is 0 Å². The van der Waals surface area contributed by atoms with Crippen molar-refractivity contribution in [1.29, 1.82) is 0 Å². The molecule has 0 unspecified atom stereocenters. The molecule has 0 saturated carbocycles. The van der Waals surface area contributed by atoms with E-state index in [9.17, 15) is 4.79 Å². The largest absolute Gasteiger partial charge is 0.493 e. The lowest BCUT2D eigenvalue weighted by Crippen LogP contribution is -2.28. The second-order valence-corrected chi connectivity index (χ2v) is 9.13. The molecule has 168 valence electrons. The number of methoxy groups -OCH3 is 2. The predicted octanol–water partition coefficient (Wildman–Crippen LogP) is 7.47. The van der Waals surface area contributed by atoms with Crippen LogP contribution >= 0.6 is 46.6 Å². The molecule has 0 spiro atoms. The molecule has 1 heterocycles. The molecule has 1 saturated heterocycles. The van der Waals surface area contributed by atoms with Gasteiger partial charge in [-0.2, -0.15) is 0 Å². The van der Waals surface area contributed by atoms with Crippen LogP contribution in [0, 0.1) is 0 Å². The minimum atomic E-state index is -0.221. The molecule has 0 aliphatic carbocycles. The van der Waals surface area contributed by atoms with Gasteiger partial charge in [-0.05, 0) is 84.1 Å². The summed E-state index contributed by atoms with van der Waals surface area (Å²) in [5.41, 5.74) is 2.01. The van der Waals surface area contributed by atoms with Gasteiger partial charge < -0.3 is 9.47 Å². The van der Waals surface area contributed by atoms with Crippen molar-refractivity contribution in [3.8, 4) is 11.5 Å². The van der Waals surface area contributed by atoms with Crippen LogP contribution in [0.3, 0.4) is 0 Å². The molecule has 9 heteroatoms. The molecule has 0 N–H and O–H groups in total. The molecule has 5 nitrogen and oxygen atoms in total. The van der Waals surface area contributed by atoms with E-state index in [2.05, 4.69) is 4.99 Å². The van der Waals surface area contributed by atoms with E-state index in [-0.39, 0.29) is 5.91 Å². The molecule has 33 heavy (non-hydrogen) atoms. The molecule has 1 aliphatic rings. The van der Waals surface area contributed by atoms with E-state index in [1.807, 2.05) is 0 Å². The van der Waals surface area contributed by atoms with Crippen molar-refractivity contribution in [3.05, 3.63) is 86.2 Å². The first-order chi connectivity index (χ1) is 15.9. The fourth-order valence-electron chi connectivity index (χ4n) is 3.17. The van der Waals surface area contributed by atoms with Gasteiger partial charge in [0.2, 0.25) is 0 Å². The predicted molar refractivity (Wildman–Crippen MR) is 138 cm³/mol. The van der Waals surface area contributed by atoms with Gasteiger partial charge in [-0.1, -0.05) is 34.8 Å². The van der Waals surface area contributed by atoms with Crippen LogP contribution in [0.2, 0.25) is 15.1 Å². The second-order valence-electron chi connectivity index (χ2n) is 6.84. The van der Waals surface area contributed by atoms with E-state index >= 15 is 0 Å². The first-order valence-corrected chi connectivity index (χ1v) is 11.6. The highest BCUT2D eigenvalue weighted by Gasteiger charge is 2.35. The Morgan fingerprint density at radius 3 is 2.15 bits per heavy atom. The van der Waals surface area contributed by atoms with Crippen molar-refractivity contribution in [2.24, 2.45) is 4.99 Å². The van der Waals surface area contributed by atoms with E-state index in [1.165, 1.54) is 26.0 Å². The average molecular weight is 520 g/mol. The van der Waals surface area contributed by atoms with Crippen LogP contribution in [0.25, 0.3) is 6.08 Å². The van der Waals surface area contributed by atoms with Gasteiger partial charge >= 0.3 is 0 Å². The van der Waals surface area contributed by atoms with Crippen molar-refractivity contribution in [2.45, 2.75) is 0 Å². The minimum absolute atomic E-state index is 0.221. The zero-order valence-corrected chi connectivity index (χ0v) is 20.6. The number of ether oxygens (including phenoxy) is 2. The van der Waals surface area contributed by atoms with Gasteiger partial charge in [0.05, 0.1) is 35.5 Å². The number of carbonyl (C=O) groups is 1. The molecule has 1 aliphatic heterocycles. The summed E-state index contributed by atoms with van der Waals surface area (Å²) in [4.78, 5) is 20.1. The minimum Gasteiger partial charge on any atom is -0.493 e. The zero-order valence-electron chi connectivity index (χ0n) is 17.5. The maximum atomic E-state index is 13.4. The number of halogens is 3. The summed E-state index contributed by atoms with van der Waals surface area (Å²) in [6.45, 7) is 0. The maximum Gasteiger partial charge on any atom is 0.271 e. The van der Waals surface area contributed by atoms with E-state index in [4.69, 9.17) is 44.3 Å². The van der Waals surface area contributed by atoms with E-state index in [0.717, 1.165) is 0 Å².